The summed E-state index contributed by atoms with van der Waals surface area (Å²) in [6.45, 7) is 0. The van der Waals surface area contributed by atoms with Gasteiger partial charge in [0, 0.05) is 34.4 Å². The molecule has 1 aliphatic heterocycles. The number of hydrogen-bond donors (Lipinski definition) is 0. The van der Waals surface area contributed by atoms with Crippen LogP contribution in [0.4, 0.5) is 11.4 Å². The summed E-state index contributed by atoms with van der Waals surface area (Å²) in [5.74, 6) is 0.116. The van der Waals surface area contributed by atoms with Crippen molar-refractivity contribution in [2.45, 2.75) is 29.0 Å². The molecule has 1 amide bonds. The first-order valence-electron chi connectivity index (χ1n) is 9.46. The summed E-state index contributed by atoms with van der Waals surface area (Å²) in [7, 11) is 0. The maximum absolute atomic E-state index is 12.9. The summed E-state index contributed by atoms with van der Waals surface area (Å²) in [5.41, 5.74) is 2.06. The Labute approximate surface area is 173 Å². The molecule has 1 aliphatic rings. The van der Waals surface area contributed by atoms with Crippen LogP contribution in [0.25, 0.3) is 0 Å². The fourth-order valence-corrected chi connectivity index (χ4v) is 5.00. The number of hydrogen-bond acceptors (Lipinski definition) is 4. The van der Waals surface area contributed by atoms with E-state index in [0.717, 1.165) is 22.6 Å². The van der Waals surface area contributed by atoms with E-state index in [4.69, 9.17) is 0 Å². The minimum atomic E-state index is -0.391. The van der Waals surface area contributed by atoms with Crippen LogP contribution in [0.5, 0.6) is 0 Å². The predicted molar refractivity (Wildman–Crippen MR) is 115 cm³/mol. The van der Waals surface area contributed by atoms with Crippen molar-refractivity contribution in [2.24, 2.45) is 0 Å². The molecule has 1 fully saturated rings. The van der Waals surface area contributed by atoms with Crippen molar-refractivity contribution in [1.29, 1.82) is 0 Å². The van der Waals surface area contributed by atoms with Gasteiger partial charge >= 0.3 is 0 Å². The van der Waals surface area contributed by atoms with E-state index in [1.54, 1.807) is 23.9 Å². The number of rotatable bonds is 5. The van der Waals surface area contributed by atoms with E-state index < -0.39 is 4.92 Å². The van der Waals surface area contributed by atoms with Crippen LogP contribution in [0.3, 0.4) is 0 Å². The number of benzene rings is 3. The van der Waals surface area contributed by atoms with Gasteiger partial charge in [-0.15, -0.1) is 11.8 Å². The summed E-state index contributed by atoms with van der Waals surface area (Å²) in [6, 6.07) is 26.3. The molecular formula is C23H20N2O3S. The van der Waals surface area contributed by atoms with Crippen LogP contribution in [-0.4, -0.2) is 16.1 Å². The molecule has 5 nitrogen and oxygen atoms in total. The maximum atomic E-state index is 12.9. The highest BCUT2D eigenvalue weighted by Crippen LogP contribution is 2.44. The largest absolute Gasteiger partial charge is 0.304 e. The summed E-state index contributed by atoms with van der Waals surface area (Å²) < 4.78 is 0. The number of nitrogens with zero attached hydrogens (tertiary/aromatic N) is 2. The van der Waals surface area contributed by atoms with Crippen molar-refractivity contribution in [3.8, 4) is 0 Å². The number of amides is 1. The Morgan fingerprint density at radius 3 is 2.14 bits per heavy atom. The van der Waals surface area contributed by atoms with Crippen LogP contribution in [0.1, 0.15) is 24.4 Å². The number of para-hydroxylation sites is 1. The predicted octanol–water partition coefficient (Wildman–Crippen LogP) is 5.62. The normalized spacial score (nSPS) is 19.2. The molecule has 0 unspecified atom stereocenters. The lowest BCUT2D eigenvalue weighted by Crippen LogP contribution is -2.44. The molecule has 0 bridgehead atoms. The molecule has 4 rings (SSSR count). The van der Waals surface area contributed by atoms with Gasteiger partial charge in [0.25, 0.3) is 5.69 Å². The molecule has 1 heterocycles. The first-order chi connectivity index (χ1) is 14.1. The minimum absolute atomic E-state index is 0.0821. The number of nitro benzene ring substituents is 1. The van der Waals surface area contributed by atoms with Crippen LogP contribution in [-0.2, 0) is 4.79 Å². The number of non-ortho nitro benzene ring substituents is 1. The molecule has 0 saturated carbocycles. The quantitative estimate of drug-likeness (QED) is 0.409. The third kappa shape index (κ3) is 4.17. The first-order valence-corrected chi connectivity index (χ1v) is 10.3. The Kier molecular flexibility index (Phi) is 5.62. The summed E-state index contributed by atoms with van der Waals surface area (Å²) >= 11 is 1.67. The van der Waals surface area contributed by atoms with Gasteiger partial charge in [-0.3, -0.25) is 14.9 Å². The van der Waals surface area contributed by atoms with Gasteiger partial charge < -0.3 is 4.90 Å². The van der Waals surface area contributed by atoms with Gasteiger partial charge in [-0.25, -0.2) is 0 Å². The highest BCUT2D eigenvalue weighted by Gasteiger charge is 2.38. The third-order valence-electron chi connectivity index (χ3n) is 5.05. The van der Waals surface area contributed by atoms with Gasteiger partial charge in [-0.1, -0.05) is 48.5 Å². The van der Waals surface area contributed by atoms with Gasteiger partial charge in [0.1, 0.15) is 0 Å². The lowest BCUT2D eigenvalue weighted by atomic mass is 9.93. The Morgan fingerprint density at radius 1 is 0.897 bits per heavy atom. The summed E-state index contributed by atoms with van der Waals surface area (Å²) in [4.78, 5) is 26.3. The lowest BCUT2D eigenvalue weighted by Gasteiger charge is -2.41. The molecule has 0 radical (unpaired) electrons. The van der Waals surface area contributed by atoms with Crippen LogP contribution in [0, 0.1) is 10.1 Å². The highest BCUT2D eigenvalue weighted by atomic mass is 32.2. The van der Waals surface area contributed by atoms with E-state index in [2.05, 4.69) is 12.1 Å². The van der Waals surface area contributed by atoms with Crippen molar-refractivity contribution >= 4 is 29.0 Å². The second-order valence-corrected chi connectivity index (χ2v) is 8.21. The van der Waals surface area contributed by atoms with Crippen LogP contribution >= 0.6 is 11.8 Å². The van der Waals surface area contributed by atoms with E-state index in [0.29, 0.717) is 6.42 Å². The van der Waals surface area contributed by atoms with E-state index in [1.807, 2.05) is 53.4 Å². The smallest absolute Gasteiger partial charge is 0.269 e. The average Bonchev–Trinajstić information content (AvgIpc) is 2.76. The highest BCUT2D eigenvalue weighted by molar-refractivity contribution is 8.00. The SMILES string of the molecule is O=C1CC[C@@H](Sc2ccc([N+](=O)[O-])cc2)[C@H](c2ccccc2)N1c1ccccc1. The maximum Gasteiger partial charge on any atom is 0.269 e. The van der Waals surface area contributed by atoms with E-state index >= 15 is 0 Å². The number of carbonyl (C=O) groups excluding carboxylic acids is 1. The fourth-order valence-electron chi connectivity index (χ4n) is 3.72. The fraction of sp³-hybridized carbons (Fsp3) is 0.174. The average molecular weight is 404 g/mol. The number of carbonyl (C=O) groups is 1. The Bertz CT molecular complexity index is 994. The zero-order valence-electron chi connectivity index (χ0n) is 15.7. The van der Waals surface area contributed by atoms with Gasteiger partial charge in [-0.05, 0) is 36.2 Å². The molecule has 0 spiro atoms. The number of anilines is 1. The number of piperidine rings is 1. The topological polar surface area (TPSA) is 63.4 Å². The monoisotopic (exact) mass is 404 g/mol. The van der Waals surface area contributed by atoms with Crippen LogP contribution in [0.2, 0.25) is 0 Å². The van der Waals surface area contributed by atoms with E-state index in [-0.39, 0.29) is 22.9 Å². The van der Waals surface area contributed by atoms with Crippen molar-refractivity contribution in [1.82, 2.24) is 0 Å². The second kappa shape index (κ2) is 8.49. The summed E-state index contributed by atoms with van der Waals surface area (Å²) in [6.07, 6.45) is 1.23. The number of nitro groups is 1. The van der Waals surface area contributed by atoms with Crippen molar-refractivity contribution in [3.05, 3.63) is 101 Å². The van der Waals surface area contributed by atoms with Gasteiger partial charge in [0.15, 0.2) is 0 Å². The summed E-state index contributed by atoms with van der Waals surface area (Å²) in [5, 5.41) is 11.1. The van der Waals surface area contributed by atoms with Gasteiger partial charge in [0.2, 0.25) is 5.91 Å². The molecule has 3 aromatic carbocycles. The molecule has 146 valence electrons. The molecule has 0 aliphatic carbocycles. The first kappa shape index (κ1) is 19.2. The van der Waals surface area contributed by atoms with Gasteiger partial charge in [-0.2, -0.15) is 0 Å². The van der Waals surface area contributed by atoms with E-state index in [1.165, 1.54) is 12.1 Å². The Hall–Kier alpha value is -3.12. The Morgan fingerprint density at radius 2 is 1.52 bits per heavy atom. The Balaban J connectivity index is 1.70. The van der Waals surface area contributed by atoms with Crippen LogP contribution < -0.4 is 4.90 Å². The molecule has 6 heteroatoms. The molecule has 0 aromatic heterocycles. The second-order valence-electron chi connectivity index (χ2n) is 6.90. The van der Waals surface area contributed by atoms with Crippen molar-refractivity contribution in [2.75, 3.05) is 4.90 Å². The molecule has 2 atom stereocenters. The molecule has 3 aromatic rings. The molecule has 1 saturated heterocycles. The minimum Gasteiger partial charge on any atom is -0.304 e. The zero-order chi connectivity index (χ0) is 20.2. The third-order valence-corrected chi connectivity index (χ3v) is 6.39. The molecule has 0 N–H and O–H groups in total. The van der Waals surface area contributed by atoms with E-state index in [9.17, 15) is 14.9 Å². The standard InChI is InChI=1S/C23H20N2O3S/c26-22-16-15-21(29-20-13-11-19(12-14-20)25(27)28)23(17-7-3-1-4-8-17)24(22)18-9-5-2-6-10-18/h1-14,21,23H,15-16H2/t21-,23+/m1/s1. The van der Waals surface area contributed by atoms with Crippen molar-refractivity contribution < 1.29 is 9.72 Å². The molecular weight excluding hydrogens is 384 g/mol. The van der Waals surface area contributed by atoms with Gasteiger partial charge in [0.05, 0.1) is 11.0 Å². The van der Waals surface area contributed by atoms with Crippen molar-refractivity contribution in [3.63, 3.8) is 0 Å². The zero-order valence-corrected chi connectivity index (χ0v) is 16.5. The number of thioether (sulfide) groups is 1. The molecule has 29 heavy (non-hydrogen) atoms. The van der Waals surface area contributed by atoms with Crippen LogP contribution in [0.15, 0.2) is 89.8 Å². The lowest BCUT2D eigenvalue weighted by molar-refractivity contribution is -0.384.